The van der Waals surface area contributed by atoms with Crippen LogP contribution in [0.15, 0.2) is 66.7 Å². The first kappa shape index (κ1) is 28.5. The number of thioether (sulfide) groups is 1. The number of hydrogen-bond acceptors (Lipinski definition) is 4. The average Bonchev–Trinajstić information content (AvgIpc) is 3.28. The van der Waals surface area contributed by atoms with Gasteiger partial charge in [0.15, 0.2) is 0 Å². The van der Waals surface area contributed by atoms with Crippen LogP contribution in [0.2, 0.25) is 0 Å². The molecule has 0 aliphatic carbocycles. The molecule has 1 aliphatic rings. The SMILES string of the molecule is CC[C@@H](C)NC(=O)CN1C(=O)CS[C@@H](c2ccc(F)cc2F)c2c(-c3ccccc3)nn(-c3cccc(C)c3C)c21. The number of hydrogen-bond donors (Lipinski definition) is 1. The smallest absolute Gasteiger partial charge is 0.240 e. The van der Waals surface area contributed by atoms with Gasteiger partial charge >= 0.3 is 0 Å². The lowest BCUT2D eigenvalue weighted by molar-refractivity contribution is -0.123. The fourth-order valence-electron chi connectivity index (χ4n) is 4.99. The summed E-state index contributed by atoms with van der Waals surface area (Å²) in [6.07, 6.45) is 0.741. The highest BCUT2D eigenvalue weighted by atomic mass is 32.2. The van der Waals surface area contributed by atoms with Gasteiger partial charge in [0.05, 0.1) is 22.4 Å². The molecule has 1 aliphatic heterocycles. The fourth-order valence-corrected chi connectivity index (χ4v) is 6.21. The molecule has 0 saturated carbocycles. The predicted octanol–water partition coefficient (Wildman–Crippen LogP) is 6.52. The Labute approximate surface area is 242 Å². The third-order valence-corrected chi connectivity index (χ3v) is 8.74. The number of amides is 2. The van der Waals surface area contributed by atoms with Gasteiger partial charge in [0, 0.05) is 28.8 Å². The normalized spacial score (nSPS) is 15.8. The van der Waals surface area contributed by atoms with Gasteiger partial charge in [-0.2, -0.15) is 5.10 Å². The lowest BCUT2D eigenvalue weighted by atomic mass is 9.99. The topological polar surface area (TPSA) is 67.2 Å². The van der Waals surface area contributed by atoms with Crippen molar-refractivity contribution in [2.45, 2.75) is 45.4 Å². The second-order valence-electron chi connectivity index (χ2n) is 10.3. The number of carbonyl (C=O) groups is 2. The number of benzene rings is 3. The fraction of sp³-hybridized carbons (Fsp3) is 0.281. The van der Waals surface area contributed by atoms with Gasteiger partial charge in [-0.15, -0.1) is 11.8 Å². The van der Waals surface area contributed by atoms with E-state index in [2.05, 4.69) is 5.32 Å². The van der Waals surface area contributed by atoms with E-state index in [1.165, 1.54) is 28.8 Å². The van der Waals surface area contributed by atoms with Gasteiger partial charge in [-0.05, 0) is 50.5 Å². The second-order valence-corrected chi connectivity index (χ2v) is 11.4. The zero-order chi connectivity index (χ0) is 29.3. The van der Waals surface area contributed by atoms with Gasteiger partial charge in [-0.3, -0.25) is 14.5 Å². The van der Waals surface area contributed by atoms with Gasteiger partial charge in [0.25, 0.3) is 0 Å². The molecule has 1 N–H and O–H groups in total. The van der Waals surface area contributed by atoms with E-state index < -0.39 is 16.9 Å². The van der Waals surface area contributed by atoms with Crippen LogP contribution in [0.5, 0.6) is 0 Å². The summed E-state index contributed by atoms with van der Waals surface area (Å²) < 4.78 is 31.1. The Bertz CT molecular complexity index is 1600. The average molecular weight is 575 g/mol. The molecular weight excluding hydrogens is 542 g/mol. The summed E-state index contributed by atoms with van der Waals surface area (Å²) in [5, 5.41) is 7.31. The standard InChI is InChI=1S/C32H32F2N4O2S/c1-5-20(3)35-27(39)17-37-28(40)18-41-31(24-15-14-23(33)16-25(24)34)29-30(22-11-7-6-8-12-22)36-38(32(29)37)26-13-9-10-19(2)21(26)4/h6-16,20,31H,5,17-18H2,1-4H3,(H,35,39)/t20-,31+/m1/s1. The van der Waals surface area contributed by atoms with E-state index in [1.54, 1.807) is 4.68 Å². The van der Waals surface area contributed by atoms with Crippen LogP contribution in [-0.4, -0.2) is 39.9 Å². The lowest BCUT2D eigenvalue weighted by Gasteiger charge is -2.24. The summed E-state index contributed by atoms with van der Waals surface area (Å²) >= 11 is 1.24. The van der Waals surface area contributed by atoms with E-state index in [0.717, 1.165) is 34.9 Å². The molecule has 0 bridgehead atoms. The van der Waals surface area contributed by atoms with E-state index in [-0.39, 0.29) is 35.7 Å². The number of anilines is 1. The number of carbonyl (C=O) groups excluding carboxylic acids is 2. The Kier molecular flexibility index (Phi) is 8.26. The third kappa shape index (κ3) is 5.63. The minimum atomic E-state index is -0.706. The molecule has 0 fully saturated rings. The minimum Gasteiger partial charge on any atom is -0.352 e. The van der Waals surface area contributed by atoms with Crippen molar-refractivity contribution in [3.05, 3.63) is 101 Å². The molecule has 5 rings (SSSR count). The number of aryl methyl sites for hydroxylation is 1. The van der Waals surface area contributed by atoms with E-state index in [9.17, 15) is 14.0 Å². The highest BCUT2D eigenvalue weighted by Gasteiger charge is 2.39. The van der Waals surface area contributed by atoms with Crippen LogP contribution >= 0.6 is 11.8 Å². The first-order valence-electron chi connectivity index (χ1n) is 13.6. The Morgan fingerprint density at radius 2 is 1.85 bits per heavy atom. The van der Waals surface area contributed by atoms with Crippen LogP contribution in [0.4, 0.5) is 14.6 Å². The van der Waals surface area contributed by atoms with Crippen molar-refractivity contribution in [1.29, 1.82) is 0 Å². The van der Waals surface area contributed by atoms with Gasteiger partial charge in [-0.1, -0.05) is 55.5 Å². The van der Waals surface area contributed by atoms with Crippen molar-refractivity contribution in [2.75, 3.05) is 17.2 Å². The molecule has 1 aromatic heterocycles. The van der Waals surface area contributed by atoms with Crippen molar-refractivity contribution in [3.8, 4) is 16.9 Å². The van der Waals surface area contributed by atoms with Crippen molar-refractivity contribution >= 4 is 29.4 Å². The molecule has 0 unspecified atom stereocenters. The van der Waals surface area contributed by atoms with E-state index >= 15 is 4.39 Å². The molecular formula is C32H32F2N4O2S. The van der Waals surface area contributed by atoms with Crippen molar-refractivity contribution < 1.29 is 18.4 Å². The van der Waals surface area contributed by atoms with Crippen LogP contribution in [-0.2, 0) is 9.59 Å². The van der Waals surface area contributed by atoms with Gasteiger partial charge in [0.2, 0.25) is 11.8 Å². The largest absolute Gasteiger partial charge is 0.352 e. The highest BCUT2D eigenvalue weighted by Crippen LogP contribution is 2.49. The Hall–Kier alpha value is -3.98. The summed E-state index contributed by atoms with van der Waals surface area (Å²) in [4.78, 5) is 28.4. The lowest BCUT2D eigenvalue weighted by Crippen LogP contribution is -2.44. The molecule has 0 saturated heterocycles. The molecule has 0 spiro atoms. The molecule has 41 heavy (non-hydrogen) atoms. The predicted molar refractivity (Wildman–Crippen MR) is 159 cm³/mol. The molecule has 212 valence electrons. The zero-order valence-corrected chi connectivity index (χ0v) is 24.3. The van der Waals surface area contributed by atoms with Gasteiger partial charge < -0.3 is 5.32 Å². The molecule has 0 radical (unpaired) electrons. The van der Waals surface area contributed by atoms with Crippen LogP contribution in [0.3, 0.4) is 0 Å². The third-order valence-electron chi connectivity index (χ3n) is 7.51. The molecule has 4 aromatic rings. The Morgan fingerprint density at radius 1 is 1.10 bits per heavy atom. The molecule has 2 heterocycles. The maximum absolute atomic E-state index is 15.4. The van der Waals surface area contributed by atoms with E-state index in [1.807, 2.05) is 76.2 Å². The van der Waals surface area contributed by atoms with Crippen LogP contribution in [0, 0.1) is 25.5 Å². The number of nitrogens with zero attached hydrogens (tertiary/aromatic N) is 3. The maximum atomic E-state index is 15.4. The number of rotatable bonds is 7. The highest BCUT2D eigenvalue weighted by molar-refractivity contribution is 8.00. The van der Waals surface area contributed by atoms with Crippen molar-refractivity contribution in [1.82, 2.24) is 15.1 Å². The molecule has 2 atom stereocenters. The summed E-state index contributed by atoms with van der Waals surface area (Å²) in [5.41, 5.74) is 4.90. The number of fused-ring (bicyclic) bond motifs is 1. The van der Waals surface area contributed by atoms with E-state index in [4.69, 9.17) is 5.10 Å². The van der Waals surface area contributed by atoms with Crippen molar-refractivity contribution in [2.24, 2.45) is 0 Å². The monoisotopic (exact) mass is 574 g/mol. The number of aromatic nitrogens is 2. The van der Waals surface area contributed by atoms with Crippen LogP contribution < -0.4 is 10.2 Å². The molecule has 2 amide bonds. The minimum absolute atomic E-state index is 0.00615. The van der Waals surface area contributed by atoms with Crippen LogP contribution in [0.25, 0.3) is 16.9 Å². The van der Waals surface area contributed by atoms with E-state index in [0.29, 0.717) is 17.1 Å². The van der Waals surface area contributed by atoms with Crippen molar-refractivity contribution in [3.63, 3.8) is 0 Å². The molecule has 9 heteroatoms. The van der Waals surface area contributed by atoms with Gasteiger partial charge in [-0.25, -0.2) is 13.5 Å². The summed E-state index contributed by atoms with van der Waals surface area (Å²) in [6.45, 7) is 7.63. The first-order valence-corrected chi connectivity index (χ1v) is 14.7. The number of nitrogens with one attached hydrogen (secondary N) is 1. The molecule has 6 nitrogen and oxygen atoms in total. The first-order chi connectivity index (χ1) is 19.7. The number of halogens is 2. The Balaban J connectivity index is 1.82. The zero-order valence-electron chi connectivity index (χ0n) is 23.4. The summed E-state index contributed by atoms with van der Waals surface area (Å²) in [5.74, 6) is -1.59. The quantitative estimate of drug-likeness (QED) is 0.273. The Morgan fingerprint density at radius 3 is 2.56 bits per heavy atom. The van der Waals surface area contributed by atoms with Gasteiger partial charge in [0.1, 0.15) is 24.0 Å². The maximum Gasteiger partial charge on any atom is 0.240 e. The summed E-state index contributed by atoms with van der Waals surface area (Å²) in [6, 6.07) is 18.7. The van der Waals surface area contributed by atoms with Crippen LogP contribution in [0.1, 0.15) is 47.8 Å². The molecule has 3 aromatic carbocycles. The second kappa shape index (κ2) is 11.9. The summed E-state index contributed by atoms with van der Waals surface area (Å²) in [7, 11) is 0.